The van der Waals surface area contributed by atoms with Crippen LogP contribution in [0.2, 0.25) is 0 Å². The van der Waals surface area contributed by atoms with Crippen molar-refractivity contribution >= 4 is 28.6 Å². The molecule has 3 N–H and O–H groups in total. The second-order valence-corrected chi connectivity index (χ2v) is 8.91. The topological polar surface area (TPSA) is 65.0 Å². The molecule has 31 heavy (non-hydrogen) atoms. The van der Waals surface area contributed by atoms with Crippen molar-refractivity contribution in [1.29, 1.82) is 5.41 Å². The second-order valence-electron chi connectivity index (χ2n) is 8.13. The molecule has 2 unspecified atom stereocenters. The normalized spacial score (nSPS) is 12.9. The summed E-state index contributed by atoms with van der Waals surface area (Å²) in [6.45, 7) is 5.00. The molecule has 5 heteroatoms. The maximum absolute atomic E-state index is 13.4. The molecular formula is C26H31N3OS. The average molecular weight is 434 g/mol. The van der Waals surface area contributed by atoms with Gasteiger partial charge in [0, 0.05) is 12.2 Å². The molecule has 0 aliphatic rings. The minimum Gasteiger partial charge on any atom is -0.377 e. The Labute approximate surface area is 189 Å². The van der Waals surface area contributed by atoms with Gasteiger partial charge in [-0.05, 0) is 58.8 Å². The summed E-state index contributed by atoms with van der Waals surface area (Å²) in [6, 6.07) is 21.1. The van der Waals surface area contributed by atoms with E-state index in [4.69, 9.17) is 5.41 Å². The van der Waals surface area contributed by atoms with Gasteiger partial charge in [-0.15, -0.1) is 0 Å². The standard InChI is InChI=1S/C26H31N3OS/c1-19(2)10-9-16-28-26(30)23(24(27)20-11-5-3-6-12-20)25(21-15-17-31-18-21)29-22-13-7-4-8-14-22/h3-8,11-15,17-19,23,25,27,29H,9-10,16H2,1-2H3,(H,28,30). The van der Waals surface area contributed by atoms with Gasteiger partial charge in [0.15, 0.2) is 0 Å². The van der Waals surface area contributed by atoms with Gasteiger partial charge in [0.2, 0.25) is 5.91 Å². The molecular weight excluding hydrogens is 402 g/mol. The number of thiophene rings is 1. The lowest BCUT2D eigenvalue weighted by Crippen LogP contribution is -2.41. The van der Waals surface area contributed by atoms with Gasteiger partial charge >= 0.3 is 0 Å². The van der Waals surface area contributed by atoms with Crippen molar-refractivity contribution in [1.82, 2.24) is 5.32 Å². The number of hydrogen-bond acceptors (Lipinski definition) is 4. The van der Waals surface area contributed by atoms with Crippen LogP contribution < -0.4 is 10.6 Å². The first-order chi connectivity index (χ1) is 15.1. The van der Waals surface area contributed by atoms with Crippen LogP contribution in [0, 0.1) is 17.2 Å². The molecule has 162 valence electrons. The van der Waals surface area contributed by atoms with E-state index in [-0.39, 0.29) is 11.9 Å². The van der Waals surface area contributed by atoms with Gasteiger partial charge in [0.1, 0.15) is 5.92 Å². The predicted molar refractivity (Wildman–Crippen MR) is 131 cm³/mol. The zero-order valence-corrected chi connectivity index (χ0v) is 19.0. The summed E-state index contributed by atoms with van der Waals surface area (Å²) in [7, 11) is 0. The van der Waals surface area contributed by atoms with Crippen LogP contribution in [0.1, 0.15) is 43.9 Å². The SMILES string of the molecule is CC(C)CCCNC(=O)C(C(=N)c1ccccc1)C(Nc1ccccc1)c1ccsc1. The largest absolute Gasteiger partial charge is 0.377 e. The van der Waals surface area contributed by atoms with Crippen LogP contribution in [0.5, 0.6) is 0 Å². The molecule has 4 nitrogen and oxygen atoms in total. The highest BCUT2D eigenvalue weighted by Gasteiger charge is 2.34. The Hall–Kier alpha value is -2.92. The number of nitrogens with one attached hydrogen (secondary N) is 3. The molecule has 0 bridgehead atoms. The Kier molecular flexibility index (Phi) is 8.42. The summed E-state index contributed by atoms with van der Waals surface area (Å²) in [5, 5.41) is 19.7. The lowest BCUT2D eigenvalue weighted by molar-refractivity contribution is -0.123. The van der Waals surface area contributed by atoms with Crippen molar-refractivity contribution in [2.24, 2.45) is 11.8 Å². The van der Waals surface area contributed by atoms with Crippen molar-refractivity contribution in [3.63, 3.8) is 0 Å². The van der Waals surface area contributed by atoms with Crippen LogP contribution in [0.15, 0.2) is 77.5 Å². The third kappa shape index (κ3) is 6.53. The monoisotopic (exact) mass is 433 g/mol. The minimum atomic E-state index is -0.656. The Morgan fingerprint density at radius 1 is 1.00 bits per heavy atom. The molecule has 1 heterocycles. The highest BCUT2D eigenvalue weighted by Crippen LogP contribution is 2.31. The highest BCUT2D eigenvalue weighted by atomic mass is 32.1. The third-order valence-corrected chi connectivity index (χ3v) is 5.97. The number of para-hydroxylation sites is 1. The van der Waals surface area contributed by atoms with E-state index < -0.39 is 5.92 Å². The molecule has 2 atom stereocenters. The molecule has 0 radical (unpaired) electrons. The summed E-state index contributed by atoms with van der Waals surface area (Å²) < 4.78 is 0. The van der Waals surface area contributed by atoms with E-state index >= 15 is 0 Å². The molecule has 0 aliphatic heterocycles. The molecule has 0 fully saturated rings. The van der Waals surface area contributed by atoms with Crippen molar-refractivity contribution < 1.29 is 4.79 Å². The van der Waals surface area contributed by atoms with Crippen LogP contribution in [-0.4, -0.2) is 18.2 Å². The van der Waals surface area contributed by atoms with Crippen molar-refractivity contribution in [3.05, 3.63) is 88.6 Å². The zero-order chi connectivity index (χ0) is 22.1. The molecule has 0 saturated carbocycles. The third-order valence-electron chi connectivity index (χ3n) is 5.27. The van der Waals surface area contributed by atoms with Gasteiger partial charge in [-0.25, -0.2) is 0 Å². The predicted octanol–water partition coefficient (Wildman–Crippen LogP) is 6.14. The fraction of sp³-hybridized carbons (Fsp3) is 0.308. The van der Waals surface area contributed by atoms with Crippen molar-refractivity contribution in [2.75, 3.05) is 11.9 Å². The summed E-state index contributed by atoms with van der Waals surface area (Å²) in [5.74, 6) is -0.165. The van der Waals surface area contributed by atoms with E-state index in [1.807, 2.05) is 72.1 Å². The van der Waals surface area contributed by atoms with Crippen LogP contribution in [0.25, 0.3) is 0 Å². The number of carbonyl (C=O) groups excluding carboxylic acids is 1. The van der Waals surface area contributed by atoms with E-state index in [0.717, 1.165) is 29.7 Å². The van der Waals surface area contributed by atoms with E-state index in [0.29, 0.717) is 18.2 Å². The smallest absolute Gasteiger partial charge is 0.231 e. The Balaban J connectivity index is 1.91. The lowest BCUT2D eigenvalue weighted by atomic mass is 9.85. The maximum atomic E-state index is 13.4. The molecule has 3 rings (SSSR count). The van der Waals surface area contributed by atoms with Gasteiger partial charge in [0.25, 0.3) is 0 Å². The van der Waals surface area contributed by atoms with E-state index in [2.05, 4.69) is 29.9 Å². The first-order valence-electron chi connectivity index (χ1n) is 10.8. The van der Waals surface area contributed by atoms with E-state index in [1.54, 1.807) is 11.3 Å². The highest BCUT2D eigenvalue weighted by molar-refractivity contribution is 7.08. The summed E-state index contributed by atoms with van der Waals surface area (Å²) >= 11 is 1.60. The van der Waals surface area contributed by atoms with Gasteiger partial charge in [-0.2, -0.15) is 11.3 Å². The van der Waals surface area contributed by atoms with Gasteiger partial charge in [-0.1, -0.05) is 62.4 Å². The fourth-order valence-electron chi connectivity index (χ4n) is 3.60. The minimum absolute atomic E-state index is 0.114. The number of carbonyl (C=O) groups is 1. The molecule has 0 saturated heterocycles. The number of anilines is 1. The molecule has 1 amide bonds. The summed E-state index contributed by atoms with van der Waals surface area (Å²) in [5.41, 5.74) is 3.02. The number of hydrogen-bond donors (Lipinski definition) is 3. The molecule has 0 aliphatic carbocycles. The first kappa shape index (κ1) is 22.8. The number of amides is 1. The molecule has 3 aromatic rings. The van der Waals surface area contributed by atoms with Crippen molar-refractivity contribution in [2.45, 2.75) is 32.7 Å². The van der Waals surface area contributed by atoms with E-state index in [1.165, 1.54) is 0 Å². The maximum Gasteiger partial charge on any atom is 0.231 e. The van der Waals surface area contributed by atoms with Gasteiger partial charge < -0.3 is 16.0 Å². The molecule has 0 spiro atoms. The average Bonchev–Trinajstić information content (AvgIpc) is 3.32. The summed E-state index contributed by atoms with van der Waals surface area (Å²) in [6.07, 6.45) is 2.00. The lowest BCUT2D eigenvalue weighted by Gasteiger charge is -2.29. The Morgan fingerprint density at radius 3 is 2.29 bits per heavy atom. The number of benzene rings is 2. The Bertz CT molecular complexity index is 939. The Morgan fingerprint density at radius 2 is 1.68 bits per heavy atom. The van der Waals surface area contributed by atoms with Crippen LogP contribution >= 0.6 is 11.3 Å². The van der Waals surface area contributed by atoms with E-state index in [9.17, 15) is 4.79 Å². The first-order valence-corrected chi connectivity index (χ1v) is 11.8. The zero-order valence-electron chi connectivity index (χ0n) is 18.2. The van der Waals surface area contributed by atoms with Crippen LogP contribution in [0.3, 0.4) is 0 Å². The fourth-order valence-corrected chi connectivity index (χ4v) is 4.30. The quantitative estimate of drug-likeness (QED) is 0.251. The van der Waals surface area contributed by atoms with Crippen LogP contribution in [0.4, 0.5) is 5.69 Å². The van der Waals surface area contributed by atoms with Gasteiger partial charge in [0.05, 0.1) is 11.8 Å². The number of rotatable bonds is 11. The molecule has 1 aromatic heterocycles. The molecule has 2 aromatic carbocycles. The van der Waals surface area contributed by atoms with Crippen molar-refractivity contribution in [3.8, 4) is 0 Å². The summed E-state index contributed by atoms with van der Waals surface area (Å²) in [4.78, 5) is 13.4. The second kappa shape index (κ2) is 11.5. The van der Waals surface area contributed by atoms with Gasteiger partial charge in [-0.3, -0.25) is 4.79 Å². The van der Waals surface area contributed by atoms with Crippen LogP contribution in [-0.2, 0) is 4.79 Å².